The van der Waals surface area contributed by atoms with Crippen LogP contribution in [0.5, 0.6) is 0 Å². The first kappa shape index (κ1) is 14.8. The third-order valence-electron chi connectivity index (χ3n) is 2.76. The van der Waals surface area contributed by atoms with Crippen LogP contribution in [0.4, 0.5) is 5.69 Å². The monoisotopic (exact) mass is 306 g/mol. The number of carbonyl (C=O) groups is 2. The summed E-state index contributed by atoms with van der Waals surface area (Å²) in [4.78, 5) is 37.7. The van der Waals surface area contributed by atoms with Gasteiger partial charge < -0.3 is 15.4 Å². The number of rotatable bonds is 3. The van der Waals surface area contributed by atoms with E-state index in [0.717, 1.165) is 0 Å². The number of amides is 1. The van der Waals surface area contributed by atoms with Gasteiger partial charge in [-0.25, -0.2) is 4.79 Å². The average molecular weight is 307 g/mol. The summed E-state index contributed by atoms with van der Waals surface area (Å²) >= 11 is 5.73. The van der Waals surface area contributed by atoms with Crippen LogP contribution in [0, 0.1) is 6.92 Å². The molecule has 1 amide bonds. The number of carboxylic acid groups (broad SMARTS) is 1. The number of H-pyrrole nitrogens is 1. The summed E-state index contributed by atoms with van der Waals surface area (Å²) in [6.07, 6.45) is 1.28. The molecule has 0 aliphatic heterocycles. The Bertz CT molecular complexity index is 783. The molecule has 0 saturated heterocycles. The van der Waals surface area contributed by atoms with Crippen LogP contribution in [0.2, 0.25) is 5.02 Å². The molecule has 0 aliphatic carbocycles. The van der Waals surface area contributed by atoms with Crippen molar-refractivity contribution in [3.8, 4) is 0 Å². The molecule has 6 nitrogen and oxygen atoms in total. The highest BCUT2D eigenvalue weighted by molar-refractivity contribution is 6.31. The molecular weight excluding hydrogens is 296 g/mol. The Morgan fingerprint density at radius 1 is 1.24 bits per heavy atom. The number of halogens is 1. The van der Waals surface area contributed by atoms with E-state index in [9.17, 15) is 14.4 Å². The SMILES string of the molecule is Cc1cc(=O)c(C(=O)Nc2ccc(Cl)cc2C(=O)O)c[nH]1. The van der Waals surface area contributed by atoms with Gasteiger partial charge in [-0.15, -0.1) is 0 Å². The van der Waals surface area contributed by atoms with Crippen molar-refractivity contribution in [2.24, 2.45) is 0 Å². The predicted octanol–water partition coefficient (Wildman–Crippen LogP) is 2.29. The standard InChI is InChI=1S/C14H11ClN2O4/c1-7-4-12(18)10(6-16-7)13(19)17-11-3-2-8(15)5-9(11)14(20)21/h2-6H,1H3,(H,16,18)(H,17,19)(H,20,21). The number of hydrogen-bond donors (Lipinski definition) is 3. The van der Waals surface area contributed by atoms with E-state index < -0.39 is 17.3 Å². The second kappa shape index (κ2) is 5.80. The minimum atomic E-state index is -1.23. The summed E-state index contributed by atoms with van der Waals surface area (Å²) in [7, 11) is 0. The number of hydrogen-bond acceptors (Lipinski definition) is 3. The first-order valence-corrected chi connectivity index (χ1v) is 6.30. The third kappa shape index (κ3) is 3.29. The lowest BCUT2D eigenvalue weighted by atomic mass is 10.1. The van der Waals surface area contributed by atoms with Crippen LogP contribution in [0.1, 0.15) is 26.4 Å². The Labute approximate surface area is 124 Å². The molecule has 0 fully saturated rings. The van der Waals surface area contributed by atoms with Gasteiger partial charge in [0, 0.05) is 23.0 Å². The summed E-state index contributed by atoms with van der Waals surface area (Å²) in [5.74, 6) is -1.92. The number of anilines is 1. The van der Waals surface area contributed by atoms with Gasteiger partial charge in [-0.2, -0.15) is 0 Å². The normalized spacial score (nSPS) is 10.2. The Balaban J connectivity index is 2.36. The van der Waals surface area contributed by atoms with E-state index in [0.29, 0.717) is 5.69 Å². The number of carboxylic acids is 1. The molecule has 0 saturated carbocycles. The van der Waals surface area contributed by atoms with Crippen molar-refractivity contribution in [3.63, 3.8) is 0 Å². The fourth-order valence-corrected chi connectivity index (χ4v) is 1.91. The Morgan fingerprint density at radius 2 is 1.95 bits per heavy atom. The maximum atomic E-state index is 12.0. The van der Waals surface area contributed by atoms with E-state index in [1.54, 1.807) is 6.92 Å². The van der Waals surface area contributed by atoms with Gasteiger partial charge in [0.1, 0.15) is 5.56 Å². The van der Waals surface area contributed by atoms with Gasteiger partial charge in [0.25, 0.3) is 5.91 Å². The van der Waals surface area contributed by atoms with Crippen LogP contribution >= 0.6 is 11.6 Å². The van der Waals surface area contributed by atoms with Gasteiger partial charge in [0.05, 0.1) is 11.3 Å². The molecule has 0 spiro atoms. The smallest absolute Gasteiger partial charge is 0.337 e. The topological polar surface area (TPSA) is 99.3 Å². The quantitative estimate of drug-likeness (QED) is 0.810. The molecular formula is C14H11ClN2O4. The van der Waals surface area contributed by atoms with Crippen LogP contribution in [-0.2, 0) is 0 Å². The van der Waals surface area contributed by atoms with E-state index >= 15 is 0 Å². The minimum Gasteiger partial charge on any atom is -0.478 e. The molecule has 3 N–H and O–H groups in total. The Morgan fingerprint density at radius 3 is 2.57 bits per heavy atom. The van der Waals surface area contributed by atoms with Gasteiger partial charge >= 0.3 is 5.97 Å². The second-order valence-electron chi connectivity index (χ2n) is 4.34. The highest BCUT2D eigenvalue weighted by atomic mass is 35.5. The molecule has 1 aromatic heterocycles. The van der Waals surface area contributed by atoms with Crippen LogP contribution in [0.3, 0.4) is 0 Å². The maximum Gasteiger partial charge on any atom is 0.337 e. The molecule has 1 aromatic carbocycles. The summed E-state index contributed by atoms with van der Waals surface area (Å²) in [6.45, 7) is 1.69. The van der Waals surface area contributed by atoms with E-state index in [1.807, 2.05) is 0 Å². The third-order valence-corrected chi connectivity index (χ3v) is 3.00. The second-order valence-corrected chi connectivity index (χ2v) is 4.78. The zero-order chi connectivity index (χ0) is 15.6. The molecule has 2 aromatic rings. The molecule has 0 unspecified atom stereocenters. The maximum absolute atomic E-state index is 12.0. The Kier molecular flexibility index (Phi) is 4.09. The van der Waals surface area contributed by atoms with Crippen molar-refractivity contribution in [2.75, 3.05) is 5.32 Å². The van der Waals surface area contributed by atoms with Crippen molar-refractivity contribution < 1.29 is 14.7 Å². The summed E-state index contributed by atoms with van der Waals surface area (Å²) in [5, 5.41) is 11.7. The minimum absolute atomic E-state index is 0.0666. The molecule has 0 radical (unpaired) electrons. The molecule has 7 heteroatoms. The van der Waals surface area contributed by atoms with Crippen molar-refractivity contribution in [3.05, 3.63) is 62.5 Å². The lowest BCUT2D eigenvalue weighted by molar-refractivity contribution is 0.0698. The van der Waals surface area contributed by atoms with E-state index in [4.69, 9.17) is 16.7 Å². The summed E-state index contributed by atoms with van der Waals surface area (Å²) in [6, 6.07) is 5.32. The molecule has 1 heterocycles. The molecule has 21 heavy (non-hydrogen) atoms. The highest BCUT2D eigenvalue weighted by Crippen LogP contribution is 2.21. The predicted molar refractivity (Wildman–Crippen MR) is 78.2 cm³/mol. The first-order valence-electron chi connectivity index (χ1n) is 5.92. The number of aryl methyl sites for hydroxylation is 1. The van der Waals surface area contributed by atoms with Crippen LogP contribution in [-0.4, -0.2) is 22.0 Å². The number of aromatic carboxylic acids is 1. The zero-order valence-electron chi connectivity index (χ0n) is 10.9. The van der Waals surface area contributed by atoms with Gasteiger partial charge in [-0.1, -0.05) is 11.6 Å². The number of benzene rings is 1. The van der Waals surface area contributed by atoms with Crippen LogP contribution < -0.4 is 10.7 Å². The van der Waals surface area contributed by atoms with E-state index in [1.165, 1.54) is 30.5 Å². The Hall–Kier alpha value is -2.60. The number of aromatic nitrogens is 1. The molecule has 108 valence electrons. The van der Waals surface area contributed by atoms with Gasteiger partial charge in [-0.3, -0.25) is 9.59 Å². The van der Waals surface area contributed by atoms with Gasteiger partial charge in [0.15, 0.2) is 5.43 Å². The largest absolute Gasteiger partial charge is 0.478 e. The van der Waals surface area contributed by atoms with Crippen molar-refractivity contribution in [1.82, 2.24) is 4.98 Å². The van der Waals surface area contributed by atoms with E-state index in [-0.39, 0.29) is 21.8 Å². The summed E-state index contributed by atoms with van der Waals surface area (Å²) < 4.78 is 0. The van der Waals surface area contributed by atoms with Gasteiger partial charge in [-0.05, 0) is 25.1 Å². The van der Waals surface area contributed by atoms with Crippen LogP contribution in [0.25, 0.3) is 0 Å². The number of aromatic amines is 1. The molecule has 2 rings (SSSR count). The first-order chi connectivity index (χ1) is 9.88. The van der Waals surface area contributed by atoms with Crippen molar-refractivity contribution >= 4 is 29.2 Å². The molecule has 0 atom stereocenters. The lowest BCUT2D eigenvalue weighted by Crippen LogP contribution is -2.22. The average Bonchev–Trinajstić information content (AvgIpc) is 2.40. The number of pyridine rings is 1. The van der Waals surface area contributed by atoms with Crippen LogP contribution in [0.15, 0.2) is 35.3 Å². The summed E-state index contributed by atoms with van der Waals surface area (Å²) in [5.41, 5.74) is -0.0213. The highest BCUT2D eigenvalue weighted by Gasteiger charge is 2.16. The van der Waals surface area contributed by atoms with Crippen molar-refractivity contribution in [1.29, 1.82) is 0 Å². The molecule has 0 bridgehead atoms. The number of nitrogens with one attached hydrogen (secondary N) is 2. The fourth-order valence-electron chi connectivity index (χ4n) is 1.74. The lowest BCUT2D eigenvalue weighted by Gasteiger charge is -2.08. The number of carbonyl (C=O) groups excluding carboxylic acids is 1. The van der Waals surface area contributed by atoms with Gasteiger partial charge in [0.2, 0.25) is 0 Å². The fraction of sp³-hybridized carbons (Fsp3) is 0.0714. The van der Waals surface area contributed by atoms with Crippen molar-refractivity contribution in [2.45, 2.75) is 6.92 Å². The zero-order valence-corrected chi connectivity index (χ0v) is 11.7. The molecule has 0 aliphatic rings. The van der Waals surface area contributed by atoms with E-state index in [2.05, 4.69) is 10.3 Å².